The summed E-state index contributed by atoms with van der Waals surface area (Å²) < 4.78 is 0. The number of nitrogens with zero attached hydrogens (tertiary/aromatic N) is 2. The Hall–Kier alpha value is -1.54. The average molecular weight is 259 g/mol. The van der Waals surface area contributed by atoms with Crippen LogP contribution in [0.25, 0.3) is 0 Å². The normalized spacial score (nSPS) is 14.4. The number of pyridine rings is 1. The first-order valence-electron chi connectivity index (χ1n) is 6.19. The topological polar surface area (TPSA) is 16.1 Å². The van der Waals surface area contributed by atoms with Crippen molar-refractivity contribution < 1.29 is 0 Å². The Kier molecular flexibility index (Phi) is 3.20. The Morgan fingerprint density at radius 2 is 2.00 bits per heavy atom. The molecule has 1 aromatic heterocycles. The summed E-state index contributed by atoms with van der Waals surface area (Å²) in [4.78, 5) is 6.53. The minimum absolute atomic E-state index is 0.515. The monoisotopic (exact) mass is 258 g/mol. The van der Waals surface area contributed by atoms with Crippen molar-refractivity contribution in [2.24, 2.45) is 0 Å². The largest absolute Gasteiger partial charge is 0.367 e. The Morgan fingerprint density at radius 3 is 2.83 bits per heavy atom. The molecule has 0 fully saturated rings. The lowest BCUT2D eigenvalue weighted by Crippen LogP contribution is -2.30. The second-order valence-electron chi connectivity index (χ2n) is 4.58. The van der Waals surface area contributed by atoms with E-state index in [1.54, 1.807) is 0 Å². The molecule has 3 heteroatoms. The molecule has 2 nitrogen and oxygen atoms in total. The molecule has 1 aliphatic heterocycles. The third-order valence-electron chi connectivity index (χ3n) is 3.49. The van der Waals surface area contributed by atoms with E-state index in [4.69, 9.17) is 11.6 Å². The van der Waals surface area contributed by atoms with E-state index < -0.39 is 0 Å². The predicted octanol–water partition coefficient (Wildman–Crippen LogP) is 3.38. The molecule has 0 bridgehead atoms. The maximum Gasteiger partial charge on any atom is 0.0509 e. The first-order chi connectivity index (χ1) is 8.88. The summed E-state index contributed by atoms with van der Waals surface area (Å²) in [6.45, 7) is 2.01. The number of benzene rings is 1. The van der Waals surface area contributed by atoms with Crippen LogP contribution in [0.3, 0.4) is 0 Å². The number of hydrogen-bond donors (Lipinski definition) is 0. The molecule has 3 rings (SSSR count). The van der Waals surface area contributed by atoms with Gasteiger partial charge in [-0.15, -0.1) is 11.6 Å². The molecular formula is C15H15ClN2. The van der Waals surface area contributed by atoms with Crippen LogP contribution in [0.2, 0.25) is 0 Å². The van der Waals surface area contributed by atoms with Crippen molar-refractivity contribution in [1.29, 1.82) is 0 Å². The fraction of sp³-hybridized carbons (Fsp3) is 0.267. The molecule has 1 aliphatic rings. The van der Waals surface area contributed by atoms with Crippen molar-refractivity contribution in [3.63, 3.8) is 0 Å². The van der Waals surface area contributed by atoms with Gasteiger partial charge in [0.05, 0.1) is 5.88 Å². The van der Waals surface area contributed by atoms with E-state index in [9.17, 15) is 0 Å². The van der Waals surface area contributed by atoms with Crippen LogP contribution in [-0.4, -0.2) is 11.5 Å². The molecule has 0 saturated heterocycles. The average Bonchev–Trinajstić information content (AvgIpc) is 2.46. The number of halogens is 1. The molecule has 0 unspecified atom stereocenters. The van der Waals surface area contributed by atoms with Gasteiger partial charge in [-0.05, 0) is 23.6 Å². The van der Waals surface area contributed by atoms with Crippen LogP contribution in [0.5, 0.6) is 0 Å². The summed E-state index contributed by atoms with van der Waals surface area (Å²) in [5, 5.41) is 0. The third-order valence-corrected chi connectivity index (χ3v) is 3.78. The number of fused-ring (bicyclic) bond motifs is 1. The summed E-state index contributed by atoms with van der Waals surface area (Å²) in [7, 11) is 0. The molecular weight excluding hydrogens is 244 g/mol. The van der Waals surface area contributed by atoms with Gasteiger partial charge in [0.15, 0.2) is 0 Å². The van der Waals surface area contributed by atoms with E-state index in [2.05, 4.69) is 40.2 Å². The lowest BCUT2D eigenvalue weighted by atomic mass is 9.99. The van der Waals surface area contributed by atoms with Gasteiger partial charge in [0, 0.05) is 36.7 Å². The molecule has 2 aromatic rings. The maximum absolute atomic E-state index is 5.98. The molecule has 0 aliphatic carbocycles. The maximum atomic E-state index is 5.98. The number of anilines is 1. The van der Waals surface area contributed by atoms with E-state index in [0.29, 0.717) is 5.88 Å². The minimum atomic E-state index is 0.515. The molecule has 0 radical (unpaired) electrons. The SMILES string of the molecule is ClCc1cnccc1N1CCc2ccccc2C1. The van der Waals surface area contributed by atoms with Crippen LogP contribution >= 0.6 is 11.6 Å². The van der Waals surface area contributed by atoms with Crippen LogP contribution in [0.1, 0.15) is 16.7 Å². The van der Waals surface area contributed by atoms with E-state index in [0.717, 1.165) is 25.1 Å². The van der Waals surface area contributed by atoms with Gasteiger partial charge in [0.2, 0.25) is 0 Å². The molecule has 1 aromatic carbocycles. The van der Waals surface area contributed by atoms with Crippen LogP contribution in [0.4, 0.5) is 5.69 Å². The summed E-state index contributed by atoms with van der Waals surface area (Å²) in [5.74, 6) is 0.515. The molecule has 92 valence electrons. The van der Waals surface area contributed by atoms with E-state index >= 15 is 0 Å². The Morgan fingerprint density at radius 1 is 1.17 bits per heavy atom. The van der Waals surface area contributed by atoms with Crippen LogP contribution < -0.4 is 4.90 Å². The number of aromatic nitrogens is 1. The van der Waals surface area contributed by atoms with Gasteiger partial charge in [-0.1, -0.05) is 24.3 Å². The molecule has 0 saturated carbocycles. The highest BCUT2D eigenvalue weighted by Crippen LogP contribution is 2.27. The summed E-state index contributed by atoms with van der Waals surface area (Å²) >= 11 is 5.98. The van der Waals surface area contributed by atoms with Crippen molar-refractivity contribution in [3.8, 4) is 0 Å². The van der Waals surface area contributed by atoms with Crippen LogP contribution in [-0.2, 0) is 18.8 Å². The highest BCUT2D eigenvalue weighted by molar-refractivity contribution is 6.17. The second-order valence-corrected chi connectivity index (χ2v) is 4.85. The Labute approximate surface area is 112 Å². The van der Waals surface area contributed by atoms with E-state index in [1.165, 1.54) is 16.8 Å². The van der Waals surface area contributed by atoms with Gasteiger partial charge < -0.3 is 4.90 Å². The fourth-order valence-electron chi connectivity index (χ4n) is 2.53. The lowest BCUT2D eigenvalue weighted by Gasteiger charge is -2.31. The third kappa shape index (κ3) is 2.08. The van der Waals surface area contributed by atoms with Crippen molar-refractivity contribution in [3.05, 3.63) is 59.4 Å². The van der Waals surface area contributed by atoms with Crippen molar-refractivity contribution >= 4 is 17.3 Å². The molecule has 0 amide bonds. The molecule has 2 heterocycles. The van der Waals surface area contributed by atoms with Gasteiger partial charge in [-0.3, -0.25) is 4.98 Å². The highest BCUT2D eigenvalue weighted by Gasteiger charge is 2.17. The summed E-state index contributed by atoms with van der Waals surface area (Å²) in [6, 6.07) is 10.7. The number of rotatable bonds is 2. The molecule has 18 heavy (non-hydrogen) atoms. The second kappa shape index (κ2) is 4.99. The summed E-state index contributed by atoms with van der Waals surface area (Å²) in [6.07, 6.45) is 4.80. The zero-order valence-corrected chi connectivity index (χ0v) is 10.9. The van der Waals surface area contributed by atoms with Crippen molar-refractivity contribution in [1.82, 2.24) is 4.98 Å². The van der Waals surface area contributed by atoms with Gasteiger partial charge in [-0.2, -0.15) is 0 Å². The van der Waals surface area contributed by atoms with E-state index in [-0.39, 0.29) is 0 Å². The molecule has 0 atom stereocenters. The van der Waals surface area contributed by atoms with Gasteiger partial charge in [-0.25, -0.2) is 0 Å². The van der Waals surface area contributed by atoms with Crippen LogP contribution in [0, 0.1) is 0 Å². The quantitative estimate of drug-likeness (QED) is 0.768. The van der Waals surface area contributed by atoms with E-state index in [1.807, 2.05) is 12.4 Å². The van der Waals surface area contributed by atoms with Crippen LogP contribution in [0.15, 0.2) is 42.7 Å². The van der Waals surface area contributed by atoms with Gasteiger partial charge in [0.25, 0.3) is 0 Å². The Balaban J connectivity index is 1.92. The first kappa shape index (κ1) is 11.5. The van der Waals surface area contributed by atoms with Crippen molar-refractivity contribution in [2.45, 2.75) is 18.8 Å². The fourth-order valence-corrected chi connectivity index (χ4v) is 2.74. The highest BCUT2D eigenvalue weighted by atomic mass is 35.5. The smallest absolute Gasteiger partial charge is 0.0509 e. The number of hydrogen-bond acceptors (Lipinski definition) is 2. The van der Waals surface area contributed by atoms with Crippen molar-refractivity contribution in [2.75, 3.05) is 11.4 Å². The lowest BCUT2D eigenvalue weighted by molar-refractivity contribution is 0.728. The van der Waals surface area contributed by atoms with Gasteiger partial charge >= 0.3 is 0 Å². The summed E-state index contributed by atoms with van der Waals surface area (Å²) in [5.41, 5.74) is 5.21. The molecule has 0 N–H and O–H groups in total. The van der Waals surface area contributed by atoms with Gasteiger partial charge in [0.1, 0.15) is 0 Å². The zero-order valence-electron chi connectivity index (χ0n) is 10.1. The first-order valence-corrected chi connectivity index (χ1v) is 6.72. The molecule has 0 spiro atoms. The Bertz CT molecular complexity index is 554. The standard InChI is InChI=1S/C15H15ClN2/c16-9-14-10-17-7-5-15(14)18-8-6-12-3-1-2-4-13(12)11-18/h1-5,7,10H,6,8-9,11H2. The number of alkyl halides is 1. The zero-order chi connectivity index (χ0) is 12.4. The predicted molar refractivity (Wildman–Crippen MR) is 75.0 cm³/mol. The minimum Gasteiger partial charge on any atom is -0.367 e.